The highest BCUT2D eigenvalue weighted by Gasteiger charge is 2.19. The summed E-state index contributed by atoms with van der Waals surface area (Å²) in [5.74, 6) is 0.377. The fourth-order valence-corrected chi connectivity index (χ4v) is 4.61. The van der Waals surface area contributed by atoms with Gasteiger partial charge in [0.2, 0.25) is 0 Å². The highest BCUT2D eigenvalue weighted by Crippen LogP contribution is 2.28. The number of aromatic amines is 1. The molecule has 0 bridgehead atoms. The van der Waals surface area contributed by atoms with Gasteiger partial charge >= 0.3 is 0 Å². The summed E-state index contributed by atoms with van der Waals surface area (Å²) in [5, 5.41) is 0.608. The molecule has 1 N–H and O–H groups in total. The van der Waals surface area contributed by atoms with Gasteiger partial charge in [0.15, 0.2) is 5.16 Å². The Balaban J connectivity index is 1.58. The summed E-state index contributed by atoms with van der Waals surface area (Å²) in [6.07, 6.45) is 2.85. The summed E-state index contributed by atoms with van der Waals surface area (Å²) in [6.45, 7) is 3.59. The summed E-state index contributed by atoms with van der Waals surface area (Å²) in [5.41, 5.74) is 5.11. The van der Waals surface area contributed by atoms with Gasteiger partial charge in [-0.1, -0.05) is 49.0 Å². The van der Waals surface area contributed by atoms with Crippen LogP contribution in [0.15, 0.2) is 58.5 Å². The maximum absolute atomic E-state index is 13.1. The van der Waals surface area contributed by atoms with Crippen LogP contribution in [0.2, 0.25) is 0 Å². The molecule has 0 spiro atoms. The first kappa shape index (κ1) is 19.7. The first-order valence-electron chi connectivity index (χ1n) is 9.96. The van der Waals surface area contributed by atoms with Gasteiger partial charge in [-0.3, -0.25) is 4.79 Å². The molecule has 0 saturated heterocycles. The Morgan fingerprint density at radius 1 is 1.17 bits per heavy atom. The number of hydrogen-bond donors (Lipinski definition) is 1. The monoisotopic (exact) mass is 409 g/mol. The Morgan fingerprint density at radius 3 is 2.76 bits per heavy atom. The molecule has 0 fully saturated rings. The lowest BCUT2D eigenvalue weighted by atomic mass is 10.0. The van der Waals surface area contributed by atoms with Crippen molar-refractivity contribution in [3.8, 4) is 0 Å². The quantitative estimate of drug-likeness (QED) is 0.473. The zero-order valence-electron chi connectivity index (χ0n) is 16.5. The van der Waals surface area contributed by atoms with Crippen LogP contribution in [0.5, 0.6) is 0 Å². The molecule has 4 nitrogen and oxygen atoms in total. The lowest BCUT2D eigenvalue weighted by Crippen LogP contribution is -2.31. The maximum Gasteiger partial charge on any atom is 0.255 e. The number of H-pyrrole nitrogens is 1. The van der Waals surface area contributed by atoms with Crippen LogP contribution in [-0.4, -0.2) is 16.5 Å². The van der Waals surface area contributed by atoms with Crippen LogP contribution in [0, 0.1) is 5.82 Å². The summed E-state index contributed by atoms with van der Waals surface area (Å²) in [6, 6.07) is 14.9. The molecule has 6 heteroatoms. The molecular formula is C23H24FN3OS. The Bertz CT molecular complexity index is 1050. The average molecular weight is 410 g/mol. The van der Waals surface area contributed by atoms with Crippen molar-refractivity contribution >= 4 is 17.4 Å². The van der Waals surface area contributed by atoms with Crippen molar-refractivity contribution < 1.29 is 4.39 Å². The third-order valence-corrected chi connectivity index (χ3v) is 6.21. The first-order chi connectivity index (χ1) is 14.1. The topological polar surface area (TPSA) is 49.0 Å². The van der Waals surface area contributed by atoms with E-state index in [1.807, 2.05) is 6.92 Å². The molecule has 3 aromatic rings. The van der Waals surface area contributed by atoms with E-state index in [2.05, 4.69) is 34.1 Å². The minimum atomic E-state index is -0.248. The van der Waals surface area contributed by atoms with Crippen molar-refractivity contribution in [2.24, 2.45) is 0 Å². The van der Waals surface area contributed by atoms with Gasteiger partial charge in [-0.05, 0) is 48.6 Å². The molecule has 0 atom stereocenters. The number of aryl methyl sites for hydroxylation is 1. The highest BCUT2D eigenvalue weighted by atomic mass is 32.2. The van der Waals surface area contributed by atoms with Crippen LogP contribution in [0.4, 0.5) is 10.1 Å². The van der Waals surface area contributed by atoms with Crippen LogP contribution < -0.4 is 10.5 Å². The second-order valence-electron chi connectivity index (χ2n) is 7.22. The second kappa shape index (κ2) is 8.82. The zero-order valence-corrected chi connectivity index (χ0v) is 17.3. The van der Waals surface area contributed by atoms with E-state index in [0.29, 0.717) is 23.9 Å². The third-order valence-electron chi connectivity index (χ3n) is 5.27. The van der Waals surface area contributed by atoms with Gasteiger partial charge in [0.1, 0.15) is 5.82 Å². The minimum absolute atomic E-state index is 0.0654. The van der Waals surface area contributed by atoms with Gasteiger partial charge < -0.3 is 9.88 Å². The van der Waals surface area contributed by atoms with Crippen molar-refractivity contribution in [2.75, 3.05) is 11.4 Å². The second-order valence-corrected chi connectivity index (χ2v) is 8.18. The molecule has 2 heterocycles. The van der Waals surface area contributed by atoms with Gasteiger partial charge in [0.05, 0.1) is 12.2 Å². The third kappa shape index (κ3) is 4.53. The van der Waals surface area contributed by atoms with Crippen molar-refractivity contribution in [1.29, 1.82) is 0 Å². The SMILES string of the molecule is CCc1c(CN2CCCc3ccccc32)nc(SCc2ccc(F)cc2)[nH]c1=O. The molecule has 1 aliphatic rings. The number of nitrogens with zero attached hydrogens (tertiary/aromatic N) is 2. The summed E-state index contributed by atoms with van der Waals surface area (Å²) in [4.78, 5) is 22.7. The van der Waals surface area contributed by atoms with E-state index in [4.69, 9.17) is 4.98 Å². The largest absolute Gasteiger partial charge is 0.365 e. The van der Waals surface area contributed by atoms with Crippen LogP contribution in [0.25, 0.3) is 0 Å². The predicted octanol–water partition coefficient (Wildman–Crippen LogP) is 4.72. The highest BCUT2D eigenvalue weighted by molar-refractivity contribution is 7.98. The Kier molecular flexibility index (Phi) is 6.00. The lowest BCUT2D eigenvalue weighted by molar-refractivity contribution is 0.627. The van der Waals surface area contributed by atoms with Crippen LogP contribution in [-0.2, 0) is 25.1 Å². The van der Waals surface area contributed by atoms with E-state index in [-0.39, 0.29) is 11.4 Å². The number of fused-ring (bicyclic) bond motifs is 1. The lowest BCUT2D eigenvalue weighted by Gasteiger charge is -2.31. The number of anilines is 1. The van der Waals surface area contributed by atoms with Gasteiger partial charge in [0.25, 0.3) is 5.56 Å². The number of halogens is 1. The number of benzene rings is 2. The molecule has 2 aromatic carbocycles. The fraction of sp³-hybridized carbons (Fsp3) is 0.304. The Labute approximate surface area is 174 Å². The molecule has 1 aromatic heterocycles. The van der Waals surface area contributed by atoms with E-state index in [0.717, 1.165) is 36.2 Å². The van der Waals surface area contributed by atoms with Gasteiger partial charge in [-0.25, -0.2) is 9.37 Å². The molecule has 0 unspecified atom stereocenters. The van der Waals surface area contributed by atoms with Crippen molar-refractivity contribution in [1.82, 2.24) is 9.97 Å². The fourth-order valence-electron chi connectivity index (χ4n) is 3.77. The van der Waals surface area contributed by atoms with Gasteiger partial charge in [-0.15, -0.1) is 0 Å². The Hall–Kier alpha value is -2.60. The number of aromatic nitrogens is 2. The summed E-state index contributed by atoms with van der Waals surface area (Å²) < 4.78 is 13.1. The Morgan fingerprint density at radius 2 is 1.97 bits per heavy atom. The molecular weight excluding hydrogens is 385 g/mol. The normalized spacial score (nSPS) is 13.4. The minimum Gasteiger partial charge on any atom is -0.365 e. The van der Waals surface area contributed by atoms with Crippen molar-refractivity contribution in [3.05, 3.63) is 87.1 Å². The number of thioether (sulfide) groups is 1. The first-order valence-corrected chi connectivity index (χ1v) is 10.9. The van der Waals surface area contributed by atoms with E-state index in [1.54, 1.807) is 12.1 Å². The molecule has 4 rings (SSSR count). The summed E-state index contributed by atoms with van der Waals surface area (Å²) in [7, 11) is 0. The standard InChI is InChI=1S/C23H24FN3OS/c1-2-19-20(14-27-13-5-7-17-6-3-4-8-21(17)27)25-23(26-22(19)28)29-15-16-9-11-18(24)12-10-16/h3-4,6,8-12H,2,5,7,13-15H2,1H3,(H,25,26,28). The number of nitrogens with one attached hydrogen (secondary N) is 1. The molecule has 0 aliphatic carbocycles. The van der Waals surface area contributed by atoms with Gasteiger partial charge in [-0.2, -0.15) is 0 Å². The molecule has 29 heavy (non-hydrogen) atoms. The maximum atomic E-state index is 13.1. The number of rotatable bonds is 6. The van der Waals surface area contributed by atoms with Crippen molar-refractivity contribution in [2.45, 2.75) is 43.6 Å². The molecule has 0 radical (unpaired) electrons. The molecule has 0 saturated carbocycles. The molecule has 0 amide bonds. The average Bonchev–Trinajstić information content (AvgIpc) is 2.73. The van der Waals surface area contributed by atoms with E-state index < -0.39 is 0 Å². The van der Waals surface area contributed by atoms with E-state index >= 15 is 0 Å². The van der Waals surface area contributed by atoms with Crippen LogP contribution in [0.3, 0.4) is 0 Å². The zero-order chi connectivity index (χ0) is 20.2. The number of hydrogen-bond acceptors (Lipinski definition) is 4. The van der Waals surface area contributed by atoms with Crippen LogP contribution >= 0.6 is 11.8 Å². The van der Waals surface area contributed by atoms with Gasteiger partial charge in [0, 0.05) is 23.5 Å². The van der Waals surface area contributed by atoms with Crippen LogP contribution in [0.1, 0.15) is 35.7 Å². The van der Waals surface area contributed by atoms with E-state index in [9.17, 15) is 9.18 Å². The van der Waals surface area contributed by atoms with E-state index in [1.165, 1.54) is 35.1 Å². The number of para-hydroxylation sites is 1. The predicted molar refractivity (Wildman–Crippen MR) is 116 cm³/mol. The van der Waals surface area contributed by atoms with Crippen molar-refractivity contribution in [3.63, 3.8) is 0 Å². The summed E-state index contributed by atoms with van der Waals surface area (Å²) >= 11 is 1.47. The molecule has 150 valence electrons. The molecule has 1 aliphatic heterocycles. The smallest absolute Gasteiger partial charge is 0.255 e.